The number of hydrogen-bond donors (Lipinski definition) is 0. The molecule has 1 amide bonds. The molecule has 0 radical (unpaired) electrons. The van der Waals surface area contributed by atoms with E-state index in [-0.39, 0.29) is 18.0 Å². The van der Waals surface area contributed by atoms with E-state index >= 15 is 0 Å². The lowest BCUT2D eigenvalue weighted by atomic mass is 10.4. The minimum atomic E-state index is -0.201. The van der Waals surface area contributed by atoms with Gasteiger partial charge in [-0.15, -0.1) is 0 Å². The molecular weight excluding hydrogens is 270 g/mol. The van der Waals surface area contributed by atoms with Crippen LogP contribution in [0.25, 0.3) is 11.0 Å². The Hall–Kier alpha value is -2.18. The van der Waals surface area contributed by atoms with Crippen molar-refractivity contribution in [2.45, 2.75) is 39.3 Å². The van der Waals surface area contributed by atoms with Crippen molar-refractivity contribution >= 4 is 16.9 Å². The van der Waals surface area contributed by atoms with Crippen molar-refractivity contribution < 1.29 is 4.79 Å². The van der Waals surface area contributed by atoms with Gasteiger partial charge in [-0.1, -0.05) is 0 Å². The molecule has 1 fully saturated rings. The third-order valence-electron chi connectivity index (χ3n) is 3.89. The van der Waals surface area contributed by atoms with Crippen LogP contribution in [0.3, 0.4) is 0 Å². The van der Waals surface area contributed by atoms with E-state index in [1.165, 1.54) is 10.9 Å². The van der Waals surface area contributed by atoms with Gasteiger partial charge in [-0.2, -0.15) is 5.10 Å². The van der Waals surface area contributed by atoms with E-state index in [1.54, 1.807) is 11.1 Å². The van der Waals surface area contributed by atoms with Gasteiger partial charge in [0, 0.05) is 13.1 Å². The summed E-state index contributed by atoms with van der Waals surface area (Å²) in [6.45, 7) is 5.15. The van der Waals surface area contributed by atoms with Crippen molar-refractivity contribution in [3.63, 3.8) is 0 Å². The number of carbonyl (C=O) groups is 1. The van der Waals surface area contributed by atoms with Gasteiger partial charge < -0.3 is 4.90 Å². The molecule has 3 rings (SSSR count). The van der Waals surface area contributed by atoms with Gasteiger partial charge in [0.2, 0.25) is 5.91 Å². The van der Waals surface area contributed by atoms with Crippen LogP contribution < -0.4 is 5.56 Å². The van der Waals surface area contributed by atoms with Gasteiger partial charge in [-0.3, -0.25) is 14.2 Å². The summed E-state index contributed by atoms with van der Waals surface area (Å²) < 4.78 is 3.18. The van der Waals surface area contributed by atoms with Gasteiger partial charge in [-0.05, 0) is 26.7 Å². The summed E-state index contributed by atoms with van der Waals surface area (Å²) in [5.74, 6) is -0.0714. The Morgan fingerprint density at radius 1 is 1.38 bits per heavy atom. The number of nitrogens with zero attached hydrogens (tertiary/aromatic N) is 5. The number of hydrogen-bond acceptors (Lipinski definition) is 4. The molecule has 7 nitrogen and oxygen atoms in total. The lowest BCUT2D eigenvalue weighted by molar-refractivity contribution is -0.131. The van der Waals surface area contributed by atoms with E-state index in [4.69, 9.17) is 0 Å². The summed E-state index contributed by atoms with van der Waals surface area (Å²) in [5.41, 5.74) is 0.418. The highest BCUT2D eigenvalue weighted by atomic mass is 16.2. The Balaban J connectivity index is 1.92. The number of aromatic nitrogens is 4. The van der Waals surface area contributed by atoms with E-state index in [2.05, 4.69) is 10.1 Å². The lowest BCUT2D eigenvalue weighted by Crippen LogP contribution is -2.36. The predicted molar refractivity (Wildman–Crippen MR) is 78.0 cm³/mol. The first-order chi connectivity index (χ1) is 10.2. The molecule has 7 heteroatoms. The molecule has 0 unspecified atom stereocenters. The number of carbonyl (C=O) groups excluding carboxylic acids is 1. The molecule has 0 saturated heterocycles. The number of fused-ring (bicyclic) bond motifs is 1. The van der Waals surface area contributed by atoms with Crippen LogP contribution in [-0.2, 0) is 11.3 Å². The second-order valence-corrected chi connectivity index (χ2v) is 5.30. The van der Waals surface area contributed by atoms with Crippen LogP contribution in [0.2, 0.25) is 0 Å². The van der Waals surface area contributed by atoms with E-state index in [9.17, 15) is 9.59 Å². The molecule has 2 heterocycles. The van der Waals surface area contributed by atoms with Crippen LogP contribution in [0.15, 0.2) is 17.3 Å². The first-order valence-electron chi connectivity index (χ1n) is 7.36. The topological polar surface area (TPSA) is 73.0 Å². The standard InChI is InChI=1S/C14H19N5O2/c1-3-17(4-2)12(20)8-18-9-15-13-11(14(18)21)7-16-19(13)10-5-6-10/h7,9-10H,3-6,8H2,1-2H3. The zero-order valence-corrected chi connectivity index (χ0v) is 12.3. The summed E-state index contributed by atoms with van der Waals surface area (Å²) in [5, 5.41) is 4.73. The van der Waals surface area contributed by atoms with Crippen molar-refractivity contribution in [2.75, 3.05) is 13.1 Å². The van der Waals surface area contributed by atoms with Crippen LogP contribution in [0.5, 0.6) is 0 Å². The highest BCUT2D eigenvalue weighted by Crippen LogP contribution is 2.35. The van der Waals surface area contributed by atoms with Crippen molar-refractivity contribution in [3.05, 3.63) is 22.9 Å². The summed E-state index contributed by atoms with van der Waals surface area (Å²) >= 11 is 0. The third kappa shape index (κ3) is 2.43. The molecule has 0 aromatic carbocycles. The summed E-state index contributed by atoms with van der Waals surface area (Å²) in [7, 11) is 0. The minimum Gasteiger partial charge on any atom is -0.342 e. The SMILES string of the molecule is CCN(CC)C(=O)Cn1cnc2c(cnn2C2CC2)c1=O. The maximum atomic E-state index is 12.4. The fraction of sp³-hybridized carbons (Fsp3) is 0.571. The highest BCUT2D eigenvalue weighted by Gasteiger charge is 2.27. The zero-order chi connectivity index (χ0) is 15.0. The van der Waals surface area contributed by atoms with Crippen LogP contribution in [0.4, 0.5) is 0 Å². The summed E-state index contributed by atoms with van der Waals surface area (Å²) in [6.07, 6.45) is 5.18. The van der Waals surface area contributed by atoms with Crippen molar-refractivity contribution in [1.82, 2.24) is 24.2 Å². The Kier molecular flexibility index (Phi) is 3.48. The average molecular weight is 289 g/mol. The Bertz CT molecular complexity index is 725. The number of likely N-dealkylation sites (N-methyl/N-ethyl adjacent to an activating group) is 1. The second kappa shape index (κ2) is 5.31. The first kappa shape index (κ1) is 13.8. The molecular formula is C14H19N5O2. The van der Waals surface area contributed by atoms with Gasteiger partial charge in [0.15, 0.2) is 5.65 Å². The highest BCUT2D eigenvalue weighted by molar-refractivity contribution is 5.77. The Labute approximate surface area is 122 Å². The predicted octanol–water partition coefficient (Wildman–Crippen LogP) is 0.796. The van der Waals surface area contributed by atoms with Crippen molar-refractivity contribution in [2.24, 2.45) is 0 Å². The maximum absolute atomic E-state index is 12.4. The van der Waals surface area contributed by atoms with Gasteiger partial charge in [0.1, 0.15) is 18.3 Å². The lowest BCUT2D eigenvalue weighted by Gasteiger charge is -2.18. The second-order valence-electron chi connectivity index (χ2n) is 5.30. The molecule has 112 valence electrons. The average Bonchev–Trinajstić information content (AvgIpc) is 3.23. The summed E-state index contributed by atoms with van der Waals surface area (Å²) in [4.78, 5) is 30.5. The normalized spacial score (nSPS) is 14.6. The molecule has 1 saturated carbocycles. The summed E-state index contributed by atoms with van der Waals surface area (Å²) in [6, 6.07) is 0.377. The van der Waals surface area contributed by atoms with E-state index < -0.39 is 0 Å². The Morgan fingerprint density at radius 3 is 2.71 bits per heavy atom. The van der Waals surface area contributed by atoms with Crippen LogP contribution in [0.1, 0.15) is 32.7 Å². The smallest absolute Gasteiger partial charge is 0.264 e. The quantitative estimate of drug-likeness (QED) is 0.816. The van der Waals surface area contributed by atoms with Gasteiger partial charge in [0.25, 0.3) is 5.56 Å². The molecule has 0 atom stereocenters. The Morgan fingerprint density at radius 2 is 2.10 bits per heavy atom. The van der Waals surface area contributed by atoms with Gasteiger partial charge in [-0.25, -0.2) is 9.67 Å². The molecule has 0 spiro atoms. The molecule has 0 N–H and O–H groups in total. The van der Waals surface area contributed by atoms with Gasteiger partial charge in [0.05, 0.1) is 12.2 Å². The van der Waals surface area contributed by atoms with Gasteiger partial charge >= 0.3 is 0 Å². The van der Waals surface area contributed by atoms with E-state index in [1.807, 2.05) is 18.5 Å². The van der Waals surface area contributed by atoms with Crippen LogP contribution >= 0.6 is 0 Å². The first-order valence-corrected chi connectivity index (χ1v) is 7.36. The molecule has 2 aromatic heterocycles. The molecule has 0 bridgehead atoms. The molecule has 1 aliphatic carbocycles. The van der Waals surface area contributed by atoms with E-state index in [0.29, 0.717) is 30.2 Å². The number of amides is 1. The number of rotatable bonds is 5. The molecule has 21 heavy (non-hydrogen) atoms. The maximum Gasteiger partial charge on any atom is 0.264 e. The monoisotopic (exact) mass is 289 g/mol. The third-order valence-corrected chi connectivity index (χ3v) is 3.89. The molecule has 0 aliphatic heterocycles. The molecule has 1 aliphatic rings. The van der Waals surface area contributed by atoms with Crippen molar-refractivity contribution in [1.29, 1.82) is 0 Å². The van der Waals surface area contributed by atoms with Crippen LogP contribution in [-0.4, -0.2) is 43.2 Å². The largest absolute Gasteiger partial charge is 0.342 e. The minimum absolute atomic E-state index is 0.0259. The fourth-order valence-electron chi connectivity index (χ4n) is 2.49. The van der Waals surface area contributed by atoms with Crippen LogP contribution in [0, 0.1) is 0 Å². The zero-order valence-electron chi connectivity index (χ0n) is 12.3. The molecule has 2 aromatic rings. The van der Waals surface area contributed by atoms with Crippen molar-refractivity contribution in [3.8, 4) is 0 Å². The van der Waals surface area contributed by atoms with E-state index in [0.717, 1.165) is 12.8 Å². The fourth-order valence-corrected chi connectivity index (χ4v) is 2.49.